The van der Waals surface area contributed by atoms with Crippen molar-refractivity contribution >= 4 is 21.7 Å². The molecule has 0 atom stereocenters. The molecule has 68 valence electrons. The Hall–Kier alpha value is -1.96. The molecule has 1 N–H and O–H groups in total. The van der Waals surface area contributed by atoms with Gasteiger partial charge in [0.05, 0.1) is 0 Å². The van der Waals surface area contributed by atoms with E-state index in [0.717, 1.165) is 21.7 Å². The molecule has 0 fully saturated rings. The molecule has 14 heavy (non-hydrogen) atoms. The summed E-state index contributed by atoms with van der Waals surface area (Å²) in [6.45, 7) is 0. The van der Waals surface area contributed by atoms with Crippen LogP contribution in [0.25, 0.3) is 21.7 Å². The first-order valence-electron chi connectivity index (χ1n) is 4.45. The minimum absolute atomic E-state index is 0.0312. The molecule has 0 aliphatic rings. The highest BCUT2D eigenvalue weighted by atomic mass is 16.5. The maximum Gasteiger partial charge on any atom is 0.282 e. The average molecular weight is 184 g/mol. The van der Waals surface area contributed by atoms with E-state index in [4.69, 9.17) is 4.42 Å². The van der Waals surface area contributed by atoms with Gasteiger partial charge in [0.25, 0.3) is 5.95 Å². The standard InChI is InChI=1S/C12H8O2/c13-11-7-9-6-5-8-3-1-2-4-10(8)12(9)14-11/h1-7,13H. The number of hydrogen-bond acceptors (Lipinski definition) is 2. The van der Waals surface area contributed by atoms with Crippen molar-refractivity contribution in [2.75, 3.05) is 0 Å². The molecule has 0 unspecified atom stereocenters. The lowest BCUT2D eigenvalue weighted by molar-refractivity contribution is 0.347. The molecule has 0 saturated heterocycles. The van der Waals surface area contributed by atoms with Crippen LogP contribution in [0.1, 0.15) is 0 Å². The maximum atomic E-state index is 9.25. The third kappa shape index (κ3) is 0.909. The van der Waals surface area contributed by atoms with Crippen LogP contribution in [-0.4, -0.2) is 5.11 Å². The zero-order valence-corrected chi connectivity index (χ0v) is 7.40. The van der Waals surface area contributed by atoms with Crippen LogP contribution in [0.5, 0.6) is 5.95 Å². The van der Waals surface area contributed by atoms with Gasteiger partial charge in [0.2, 0.25) is 0 Å². The highest BCUT2D eigenvalue weighted by Gasteiger charge is 2.05. The van der Waals surface area contributed by atoms with Gasteiger partial charge in [0.15, 0.2) is 0 Å². The number of hydrogen-bond donors (Lipinski definition) is 1. The number of benzene rings is 2. The molecule has 2 heteroatoms. The van der Waals surface area contributed by atoms with Crippen LogP contribution < -0.4 is 0 Å². The molecule has 3 rings (SSSR count). The van der Waals surface area contributed by atoms with Crippen LogP contribution in [0.15, 0.2) is 46.9 Å². The summed E-state index contributed by atoms with van der Waals surface area (Å²) in [5.41, 5.74) is 0.751. The summed E-state index contributed by atoms with van der Waals surface area (Å²) in [6.07, 6.45) is 0. The molecule has 0 aliphatic heterocycles. The Morgan fingerprint density at radius 2 is 1.71 bits per heavy atom. The SMILES string of the molecule is Oc1cc2ccc3ccccc3c2o1. The predicted octanol–water partition coefficient (Wildman–Crippen LogP) is 3.29. The molecular formula is C12H8O2. The van der Waals surface area contributed by atoms with Crippen LogP contribution in [0, 0.1) is 0 Å². The first-order chi connectivity index (χ1) is 6.84. The van der Waals surface area contributed by atoms with Gasteiger partial charge in [-0.1, -0.05) is 36.4 Å². The number of furan rings is 1. The van der Waals surface area contributed by atoms with Gasteiger partial charge in [-0.15, -0.1) is 0 Å². The molecule has 0 bridgehead atoms. The van der Waals surface area contributed by atoms with Gasteiger partial charge in [-0.2, -0.15) is 0 Å². The fourth-order valence-electron chi connectivity index (χ4n) is 1.75. The number of rotatable bonds is 0. The van der Waals surface area contributed by atoms with E-state index in [0.29, 0.717) is 0 Å². The average Bonchev–Trinajstić information content (AvgIpc) is 2.59. The Bertz CT molecular complexity index is 608. The minimum atomic E-state index is -0.0312. The molecular weight excluding hydrogens is 176 g/mol. The van der Waals surface area contributed by atoms with E-state index >= 15 is 0 Å². The summed E-state index contributed by atoms with van der Waals surface area (Å²) >= 11 is 0. The number of fused-ring (bicyclic) bond motifs is 3. The molecule has 3 aromatic rings. The minimum Gasteiger partial charge on any atom is -0.481 e. The van der Waals surface area contributed by atoms with Gasteiger partial charge in [-0.25, -0.2) is 0 Å². The molecule has 0 amide bonds. The van der Waals surface area contributed by atoms with E-state index in [2.05, 4.69) is 0 Å². The molecule has 2 aromatic carbocycles. The van der Waals surface area contributed by atoms with Crippen molar-refractivity contribution in [3.8, 4) is 5.95 Å². The summed E-state index contributed by atoms with van der Waals surface area (Å²) in [7, 11) is 0. The normalized spacial score (nSPS) is 11.1. The van der Waals surface area contributed by atoms with E-state index in [1.54, 1.807) is 6.07 Å². The Kier molecular flexibility index (Phi) is 1.34. The summed E-state index contributed by atoms with van der Waals surface area (Å²) in [5, 5.41) is 12.3. The third-order valence-corrected chi connectivity index (χ3v) is 2.40. The lowest BCUT2D eigenvalue weighted by Gasteiger charge is -1.96. The quantitative estimate of drug-likeness (QED) is 0.581. The van der Waals surface area contributed by atoms with Crippen molar-refractivity contribution in [2.24, 2.45) is 0 Å². The van der Waals surface area contributed by atoms with E-state index in [-0.39, 0.29) is 5.95 Å². The maximum absolute atomic E-state index is 9.25. The van der Waals surface area contributed by atoms with Gasteiger partial charge in [0, 0.05) is 16.8 Å². The van der Waals surface area contributed by atoms with E-state index in [9.17, 15) is 5.11 Å². The first-order valence-corrected chi connectivity index (χ1v) is 4.45. The van der Waals surface area contributed by atoms with Crippen molar-refractivity contribution in [3.05, 3.63) is 42.5 Å². The Morgan fingerprint density at radius 1 is 0.929 bits per heavy atom. The molecule has 1 heterocycles. The summed E-state index contributed by atoms with van der Waals surface area (Å²) in [5.74, 6) is -0.0312. The molecule has 2 nitrogen and oxygen atoms in total. The monoisotopic (exact) mass is 184 g/mol. The summed E-state index contributed by atoms with van der Waals surface area (Å²) in [4.78, 5) is 0. The van der Waals surface area contributed by atoms with Crippen molar-refractivity contribution in [1.82, 2.24) is 0 Å². The van der Waals surface area contributed by atoms with Crippen LogP contribution in [0.2, 0.25) is 0 Å². The smallest absolute Gasteiger partial charge is 0.282 e. The largest absolute Gasteiger partial charge is 0.481 e. The second-order valence-corrected chi connectivity index (χ2v) is 3.29. The van der Waals surface area contributed by atoms with Crippen LogP contribution >= 0.6 is 0 Å². The molecule has 0 aliphatic carbocycles. The zero-order chi connectivity index (χ0) is 9.54. The van der Waals surface area contributed by atoms with Crippen LogP contribution in [0.4, 0.5) is 0 Å². The summed E-state index contributed by atoms with van der Waals surface area (Å²) in [6, 6.07) is 13.5. The van der Waals surface area contributed by atoms with E-state index < -0.39 is 0 Å². The van der Waals surface area contributed by atoms with Crippen molar-refractivity contribution in [3.63, 3.8) is 0 Å². The molecule has 0 radical (unpaired) electrons. The second-order valence-electron chi connectivity index (χ2n) is 3.29. The van der Waals surface area contributed by atoms with E-state index in [1.807, 2.05) is 36.4 Å². The topological polar surface area (TPSA) is 33.4 Å². The fourth-order valence-corrected chi connectivity index (χ4v) is 1.75. The zero-order valence-electron chi connectivity index (χ0n) is 7.40. The molecule has 1 aromatic heterocycles. The van der Waals surface area contributed by atoms with Gasteiger partial charge >= 0.3 is 0 Å². The summed E-state index contributed by atoms with van der Waals surface area (Å²) < 4.78 is 5.24. The first kappa shape index (κ1) is 7.44. The van der Waals surface area contributed by atoms with Gasteiger partial charge < -0.3 is 9.52 Å². The lowest BCUT2D eigenvalue weighted by Crippen LogP contribution is -1.71. The highest BCUT2D eigenvalue weighted by molar-refractivity contribution is 6.04. The van der Waals surface area contributed by atoms with Gasteiger partial charge in [-0.3, -0.25) is 0 Å². The lowest BCUT2D eigenvalue weighted by atomic mass is 10.1. The Morgan fingerprint density at radius 3 is 2.64 bits per heavy atom. The van der Waals surface area contributed by atoms with Crippen molar-refractivity contribution < 1.29 is 9.52 Å². The second kappa shape index (κ2) is 2.51. The van der Waals surface area contributed by atoms with Gasteiger partial charge in [-0.05, 0) is 5.39 Å². The molecule has 0 saturated carbocycles. The fraction of sp³-hybridized carbons (Fsp3) is 0. The van der Waals surface area contributed by atoms with Gasteiger partial charge in [0.1, 0.15) is 5.58 Å². The Labute approximate surface area is 80.4 Å². The Balaban J connectivity index is 2.60. The predicted molar refractivity (Wildman–Crippen MR) is 55.4 cm³/mol. The highest BCUT2D eigenvalue weighted by Crippen LogP contribution is 2.30. The van der Waals surface area contributed by atoms with Crippen molar-refractivity contribution in [1.29, 1.82) is 0 Å². The number of aromatic hydroxyl groups is 1. The van der Waals surface area contributed by atoms with Crippen molar-refractivity contribution in [2.45, 2.75) is 0 Å². The molecule has 0 spiro atoms. The van der Waals surface area contributed by atoms with E-state index in [1.165, 1.54) is 0 Å². The third-order valence-electron chi connectivity index (χ3n) is 2.40. The van der Waals surface area contributed by atoms with Crippen LogP contribution in [0.3, 0.4) is 0 Å². The van der Waals surface area contributed by atoms with Crippen LogP contribution in [-0.2, 0) is 0 Å².